The van der Waals surface area contributed by atoms with Crippen molar-refractivity contribution in [2.45, 2.75) is 25.8 Å². The molecular formula is C13H15ClF2N2O2S. The van der Waals surface area contributed by atoms with Crippen LogP contribution in [0.2, 0.25) is 0 Å². The number of imidazole rings is 1. The number of fused-ring (bicyclic) bond motifs is 1. The minimum Gasteiger partial charge on any atom is -0.326 e. The fourth-order valence-electron chi connectivity index (χ4n) is 2.08. The average Bonchev–Trinajstić information content (AvgIpc) is 2.75. The summed E-state index contributed by atoms with van der Waals surface area (Å²) in [5.41, 5.74) is 0.203. The van der Waals surface area contributed by atoms with Gasteiger partial charge in [-0.2, -0.15) is 0 Å². The topological polar surface area (TPSA) is 52.0 Å². The van der Waals surface area contributed by atoms with Gasteiger partial charge in [0, 0.05) is 18.4 Å². The lowest BCUT2D eigenvalue weighted by Crippen LogP contribution is -2.16. The number of rotatable bonds is 5. The van der Waals surface area contributed by atoms with Crippen LogP contribution in [0, 0.1) is 11.6 Å². The second-order valence-electron chi connectivity index (χ2n) is 4.73. The molecule has 1 aromatic carbocycles. The van der Waals surface area contributed by atoms with Gasteiger partial charge in [-0.3, -0.25) is 0 Å². The molecule has 1 heterocycles. The first kappa shape index (κ1) is 16.2. The molecule has 0 N–H and O–H groups in total. The standard InChI is InChI=1S/C13H15ClF2N2O2S/c1-3-21(19,20)5-4-18-11-7-9(15)6-10(16)12(11)17-13(18)8(2)14/h6-8H,3-5H2,1-2H3. The Labute approximate surface area is 126 Å². The third kappa shape index (κ3) is 3.35. The molecule has 0 saturated carbocycles. The van der Waals surface area contributed by atoms with Crippen LogP contribution in [0.25, 0.3) is 11.0 Å². The SMILES string of the molecule is CCS(=O)(=O)CCn1c(C(C)Cl)nc2c(F)cc(F)cc21. The number of benzene rings is 1. The van der Waals surface area contributed by atoms with Crippen LogP contribution in [0.15, 0.2) is 12.1 Å². The Morgan fingerprint density at radius 1 is 1.38 bits per heavy atom. The predicted octanol–water partition coefficient (Wildman–Crippen LogP) is 3.05. The fourth-order valence-corrected chi connectivity index (χ4v) is 3.00. The van der Waals surface area contributed by atoms with Crippen LogP contribution >= 0.6 is 11.6 Å². The molecule has 0 amide bonds. The number of sulfone groups is 1. The van der Waals surface area contributed by atoms with E-state index in [1.165, 1.54) is 4.57 Å². The van der Waals surface area contributed by atoms with Gasteiger partial charge in [-0.25, -0.2) is 22.2 Å². The Morgan fingerprint density at radius 2 is 2.05 bits per heavy atom. The van der Waals surface area contributed by atoms with Crippen LogP contribution in [0.5, 0.6) is 0 Å². The molecule has 2 aromatic rings. The zero-order chi connectivity index (χ0) is 15.8. The van der Waals surface area contributed by atoms with E-state index in [1.807, 2.05) is 0 Å². The van der Waals surface area contributed by atoms with Gasteiger partial charge in [-0.05, 0) is 13.0 Å². The van der Waals surface area contributed by atoms with Gasteiger partial charge in [0.15, 0.2) is 15.7 Å². The highest BCUT2D eigenvalue weighted by atomic mass is 35.5. The van der Waals surface area contributed by atoms with Gasteiger partial charge >= 0.3 is 0 Å². The molecule has 2 rings (SSSR count). The number of hydrogen-bond acceptors (Lipinski definition) is 3. The number of alkyl halides is 1. The van der Waals surface area contributed by atoms with Crippen molar-refractivity contribution in [1.82, 2.24) is 9.55 Å². The molecule has 116 valence electrons. The molecule has 1 unspecified atom stereocenters. The second kappa shape index (κ2) is 5.88. The zero-order valence-corrected chi connectivity index (χ0v) is 13.2. The van der Waals surface area contributed by atoms with Gasteiger partial charge in [-0.1, -0.05) is 6.92 Å². The monoisotopic (exact) mass is 336 g/mol. The average molecular weight is 337 g/mol. The summed E-state index contributed by atoms with van der Waals surface area (Å²) in [6.07, 6.45) is 0. The Kier molecular flexibility index (Phi) is 4.53. The minimum atomic E-state index is -3.21. The maximum Gasteiger partial charge on any atom is 0.153 e. The van der Waals surface area contributed by atoms with E-state index in [0.29, 0.717) is 5.82 Å². The van der Waals surface area contributed by atoms with Crippen LogP contribution in [0.3, 0.4) is 0 Å². The molecule has 1 atom stereocenters. The summed E-state index contributed by atoms with van der Waals surface area (Å²) in [7, 11) is -3.21. The minimum absolute atomic E-state index is 0.00667. The highest BCUT2D eigenvalue weighted by Gasteiger charge is 2.20. The van der Waals surface area contributed by atoms with Gasteiger partial charge in [0.1, 0.15) is 17.2 Å². The van der Waals surface area contributed by atoms with E-state index in [4.69, 9.17) is 11.6 Å². The smallest absolute Gasteiger partial charge is 0.153 e. The number of aryl methyl sites for hydroxylation is 1. The molecular weight excluding hydrogens is 322 g/mol. The molecule has 0 radical (unpaired) electrons. The fraction of sp³-hybridized carbons (Fsp3) is 0.462. The summed E-state index contributed by atoms with van der Waals surface area (Å²) in [6.45, 7) is 3.25. The molecule has 1 aromatic heterocycles. The lowest BCUT2D eigenvalue weighted by molar-refractivity contribution is 0.587. The van der Waals surface area contributed by atoms with Gasteiger partial charge < -0.3 is 4.57 Å². The summed E-state index contributed by atoms with van der Waals surface area (Å²) in [6, 6.07) is 1.87. The van der Waals surface area contributed by atoms with E-state index in [9.17, 15) is 17.2 Å². The van der Waals surface area contributed by atoms with E-state index in [2.05, 4.69) is 4.98 Å². The Morgan fingerprint density at radius 3 is 2.62 bits per heavy atom. The number of nitrogens with zero attached hydrogens (tertiary/aromatic N) is 2. The lowest BCUT2D eigenvalue weighted by atomic mass is 10.3. The highest BCUT2D eigenvalue weighted by molar-refractivity contribution is 7.91. The summed E-state index contributed by atoms with van der Waals surface area (Å²) >= 11 is 6.01. The maximum absolute atomic E-state index is 13.8. The Bertz CT molecular complexity index is 772. The van der Waals surface area contributed by atoms with Gasteiger partial charge in [0.2, 0.25) is 0 Å². The first-order chi connectivity index (χ1) is 9.75. The molecule has 0 saturated heterocycles. The highest BCUT2D eigenvalue weighted by Crippen LogP contribution is 2.27. The van der Waals surface area contributed by atoms with Crippen molar-refractivity contribution in [3.05, 3.63) is 29.6 Å². The molecule has 8 heteroatoms. The third-order valence-electron chi connectivity index (χ3n) is 3.22. The third-order valence-corrected chi connectivity index (χ3v) is 5.10. The largest absolute Gasteiger partial charge is 0.326 e. The van der Waals surface area contributed by atoms with Crippen LogP contribution in [0.4, 0.5) is 8.78 Å². The summed E-state index contributed by atoms with van der Waals surface area (Å²) < 4.78 is 51.9. The number of hydrogen-bond donors (Lipinski definition) is 0. The molecule has 0 fully saturated rings. The van der Waals surface area contributed by atoms with Crippen molar-refractivity contribution in [2.75, 3.05) is 11.5 Å². The quantitative estimate of drug-likeness (QED) is 0.788. The molecule has 0 spiro atoms. The molecule has 0 aliphatic rings. The van der Waals surface area contributed by atoms with Crippen LogP contribution in [-0.4, -0.2) is 29.5 Å². The predicted molar refractivity (Wildman–Crippen MR) is 78.2 cm³/mol. The van der Waals surface area contributed by atoms with Crippen LogP contribution in [0.1, 0.15) is 25.0 Å². The number of halogens is 3. The molecule has 0 bridgehead atoms. The first-order valence-electron chi connectivity index (χ1n) is 6.45. The lowest BCUT2D eigenvalue weighted by Gasteiger charge is -2.10. The molecule has 0 aliphatic carbocycles. The van der Waals surface area contributed by atoms with E-state index >= 15 is 0 Å². The summed E-state index contributed by atoms with van der Waals surface area (Å²) in [5, 5.41) is -0.552. The van der Waals surface area contributed by atoms with Crippen molar-refractivity contribution in [3.8, 4) is 0 Å². The van der Waals surface area contributed by atoms with E-state index in [1.54, 1.807) is 13.8 Å². The van der Waals surface area contributed by atoms with Gasteiger partial charge in [0.05, 0.1) is 16.6 Å². The molecule has 21 heavy (non-hydrogen) atoms. The van der Waals surface area contributed by atoms with Crippen molar-refractivity contribution >= 4 is 32.5 Å². The Balaban J connectivity index is 2.56. The molecule has 4 nitrogen and oxygen atoms in total. The van der Waals surface area contributed by atoms with Crippen molar-refractivity contribution in [1.29, 1.82) is 0 Å². The normalized spacial score (nSPS) is 13.8. The summed E-state index contributed by atoms with van der Waals surface area (Å²) in [4.78, 5) is 4.07. The van der Waals surface area contributed by atoms with E-state index < -0.39 is 26.8 Å². The van der Waals surface area contributed by atoms with E-state index in [0.717, 1.165) is 12.1 Å². The van der Waals surface area contributed by atoms with Crippen LogP contribution < -0.4 is 0 Å². The van der Waals surface area contributed by atoms with Crippen molar-refractivity contribution < 1.29 is 17.2 Å². The van der Waals surface area contributed by atoms with Crippen LogP contribution in [-0.2, 0) is 16.4 Å². The van der Waals surface area contributed by atoms with Crippen molar-refractivity contribution in [2.24, 2.45) is 0 Å². The van der Waals surface area contributed by atoms with Crippen molar-refractivity contribution in [3.63, 3.8) is 0 Å². The zero-order valence-electron chi connectivity index (χ0n) is 11.6. The first-order valence-corrected chi connectivity index (χ1v) is 8.70. The summed E-state index contributed by atoms with van der Waals surface area (Å²) in [5.74, 6) is -1.34. The number of aromatic nitrogens is 2. The second-order valence-corrected chi connectivity index (χ2v) is 7.86. The van der Waals surface area contributed by atoms with E-state index in [-0.39, 0.29) is 29.1 Å². The van der Waals surface area contributed by atoms with Gasteiger partial charge in [0.25, 0.3) is 0 Å². The van der Waals surface area contributed by atoms with Gasteiger partial charge in [-0.15, -0.1) is 11.6 Å². The maximum atomic E-state index is 13.8. The Hall–Kier alpha value is -1.21. The molecule has 0 aliphatic heterocycles.